The van der Waals surface area contributed by atoms with Gasteiger partial charge in [-0.1, -0.05) is 18.2 Å². The topological polar surface area (TPSA) is 56.6 Å². The van der Waals surface area contributed by atoms with Crippen molar-refractivity contribution in [2.24, 2.45) is 0 Å². The fourth-order valence-corrected chi connectivity index (χ4v) is 2.33. The van der Waals surface area contributed by atoms with Gasteiger partial charge in [-0.2, -0.15) is 5.26 Å². The molecule has 0 N–H and O–H groups in total. The Bertz CT molecular complexity index is 509. The number of rotatable bonds is 4. The van der Waals surface area contributed by atoms with Crippen LogP contribution in [0.25, 0.3) is 0 Å². The third kappa shape index (κ3) is 1.81. The van der Waals surface area contributed by atoms with Gasteiger partial charge in [0.1, 0.15) is 6.07 Å². The SMILES string of the molecule is CCO[C@@H]1N(c2ccccc2)C(=O)[C@@]1(C#N)N(C)C. The van der Waals surface area contributed by atoms with E-state index in [9.17, 15) is 10.1 Å². The summed E-state index contributed by atoms with van der Waals surface area (Å²) in [5, 5.41) is 9.42. The maximum absolute atomic E-state index is 12.4. The maximum Gasteiger partial charge on any atom is 0.269 e. The number of nitriles is 1. The van der Waals surface area contributed by atoms with Crippen LogP contribution in [0.2, 0.25) is 0 Å². The molecule has 1 aromatic rings. The molecule has 1 amide bonds. The Labute approximate surface area is 113 Å². The van der Waals surface area contributed by atoms with Crippen LogP contribution < -0.4 is 4.90 Å². The van der Waals surface area contributed by atoms with Gasteiger partial charge in [-0.3, -0.25) is 14.6 Å². The highest BCUT2D eigenvalue weighted by Gasteiger charge is 2.65. The number of likely N-dealkylation sites (N-methyl/N-ethyl adjacent to an activating group) is 1. The fraction of sp³-hybridized carbons (Fsp3) is 0.429. The zero-order chi connectivity index (χ0) is 14.0. The van der Waals surface area contributed by atoms with Gasteiger partial charge in [0, 0.05) is 12.3 Å². The van der Waals surface area contributed by atoms with Gasteiger partial charge in [0.2, 0.25) is 5.54 Å². The summed E-state index contributed by atoms with van der Waals surface area (Å²) in [6.45, 7) is 2.29. The molecule has 0 aliphatic carbocycles. The molecular weight excluding hydrogens is 242 g/mol. The lowest BCUT2D eigenvalue weighted by Crippen LogP contribution is -2.79. The lowest BCUT2D eigenvalue weighted by Gasteiger charge is -2.53. The highest BCUT2D eigenvalue weighted by Crippen LogP contribution is 2.39. The molecule has 0 aromatic heterocycles. The van der Waals surface area contributed by atoms with Crippen molar-refractivity contribution in [3.8, 4) is 6.07 Å². The summed E-state index contributed by atoms with van der Waals surface area (Å²) in [6.07, 6.45) is -0.576. The van der Waals surface area contributed by atoms with E-state index >= 15 is 0 Å². The first-order valence-electron chi connectivity index (χ1n) is 6.18. The quantitative estimate of drug-likeness (QED) is 0.763. The summed E-state index contributed by atoms with van der Waals surface area (Å²) in [7, 11) is 3.44. The Kier molecular flexibility index (Phi) is 3.56. The third-order valence-electron chi connectivity index (χ3n) is 3.37. The van der Waals surface area contributed by atoms with Crippen molar-refractivity contribution >= 4 is 11.6 Å². The smallest absolute Gasteiger partial charge is 0.269 e. The van der Waals surface area contributed by atoms with Crippen molar-refractivity contribution in [1.82, 2.24) is 4.90 Å². The minimum Gasteiger partial charge on any atom is -0.354 e. The predicted octanol–water partition coefficient (Wildman–Crippen LogP) is 1.22. The number of β-lactam (4-membered cyclic amide) rings is 1. The van der Waals surface area contributed by atoms with Crippen LogP contribution in [0, 0.1) is 11.3 Å². The lowest BCUT2D eigenvalue weighted by atomic mass is 9.85. The first kappa shape index (κ1) is 13.5. The molecule has 5 heteroatoms. The number of carbonyl (C=O) groups is 1. The van der Waals surface area contributed by atoms with Gasteiger partial charge >= 0.3 is 0 Å². The highest BCUT2D eigenvalue weighted by atomic mass is 16.5. The molecule has 5 nitrogen and oxygen atoms in total. The van der Waals surface area contributed by atoms with Crippen LogP contribution in [-0.4, -0.2) is 43.3 Å². The molecular formula is C14H17N3O2. The largest absolute Gasteiger partial charge is 0.354 e. The van der Waals surface area contributed by atoms with Crippen molar-refractivity contribution in [3.63, 3.8) is 0 Å². The number of benzene rings is 1. The second-order valence-electron chi connectivity index (χ2n) is 4.59. The molecule has 0 spiro atoms. The van der Waals surface area contributed by atoms with Crippen molar-refractivity contribution in [1.29, 1.82) is 5.26 Å². The number of hydrogen-bond acceptors (Lipinski definition) is 4. The molecule has 100 valence electrons. The Morgan fingerprint density at radius 2 is 2.05 bits per heavy atom. The molecule has 1 heterocycles. The molecule has 1 aliphatic rings. The minimum atomic E-state index is -1.23. The third-order valence-corrected chi connectivity index (χ3v) is 3.37. The standard InChI is InChI=1S/C14H17N3O2/c1-4-19-13-14(10-15,16(2)3)12(18)17(13)11-8-6-5-7-9-11/h5-9,13H,4H2,1-3H3/t13-,14+/m0/s1. The van der Waals surface area contributed by atoms with E-state index in [0.717, 1.165) is 5.69 Å². The van der Waals surface area contributed by atoms with Crippen LogP contribution in [0.4, 0.5) is 5.69 Å². The first-order valence-corrected chi connectivity index (χ1v) is 6.18. The van der Waals surface area contributed by atoms with E-state index in [4.69, 9.17) is 4.74 Å². The van der Waals surface area contributed by atoms with Gasteiger partial charge in [0.25, 0.3) is 5.91 Å². The summed E-state index contributed by atoms with van der Waals surface area (Å²) in [5.41, 5.74) is -0.482. The molecule has 0 bridgehead atoms. The van der Waals surface area contributed by atoms with E-state index < -0.39 is 11.8 Å². The molecule has 0 unspecified atom stereocenters. The van der Waals surface area contributed by atoms with Crippen molar-refractivity contribution in [2.75, 3.05) is 25.6 Å². The van der Waals surface area contributed by atoms with E-state index in [1.807, 2.05) is 37.3 Å². The average molecular weight is 259 g/mol. The summed E-state index contributed by atoms with van der Waals surface area (Å²) < 4.78 is 5.62. The monoisotopic (exact) mass is 259 g/mol. The Hall–Kier alpha value is -1.90. The normalized spacial score (nSPS) is 26.2. The zero-order valence-electron chi connectivity index (χ0n) is 11.3. The van der Waals surface area contributed by atoms with Crippen LogP contribution >= 0.6 is 0 Å². The van der Waals surface area contributed by atoms with Crippen LogP contribution in [-0.2, 0) is 9.53 Å². The Balaban J connectivity index is 2.39. The fourth-order valence-electron chi connectivity index (χ4n) is 2.33. The number of para-hydroxylation sites is 1. The van der Waals surface area contributed by atoms with Crippen molar-refractivity contribution in [3.05, 3.63) is 30.3 Å². The number of carbonyl (C=O) groups excluding carboxylic acids is 1. The van der Waals surface area contributed by atoms with Crippen LogP contribution in [0.1, 0.15) is 6.92 Å². The van der Waals surface area contributed by atoms with Crippen LogP contribution in [0.15, 0.2) is 30.3 Å². The second-order valence-corrected chi connectivity index (χ2v) is 4.59. The van der Waals surface area contributed by atoms with Gasteiger partial charge in [0.15, 0.2) is 6.23 Å². The number of amides is 1. The molecule has 0 saturated carbocycles. The molecule has 0 radical (unpaired) electrons. The minimum absolute atomic E-state index is 0.246. The van der Waals surface area contributed by atoms with E-state index in [1.54, 1.807) is 19.0 Å². The Morgan fingerprint density at radius 3 is 2.53 bits per heavy atom. The lowest BCUT2D eigenvalue weighted by molar-refractivity contribution is -0.154. The van der Waals surface area contributed by atoms with Gasteiger partial charge < -0.3 is 4.74 Å². The molecule has 1 aliphatic heterocycles. The average Bonchev–Trinajstić information content (AvgIpc) is 2.40. The van der Waals surface area contributed by atoms with Gasteiger partial charge in [0.05, 0.1) is 0 Å². The van der Waals surface area contributed by atoms with Gasteiger partial charge in [-0.05, 0) is 33.2 Å². The van der Waals surface area contributed by atoms with E-state index in [2.05, 4.69) is 6.07 Å². The molecule has 2 rings (SSSR count). The second kappa shape index (κ2) is 5.00. The Morgan fingerprint density at radius 1 is 1.42 bits per heavy atom. The van der Waals surface area contributed by atoms with Gasteiger partial charge in [-0.15, -0.1) is 0 Å². The zero-order valence-corrected chi connectivity index (χ0v) is 11.3. The predicted molar refractivity (Wildman–Crippen MR) is 71.4 cm³/mol. The molecule has 2 atom stereocenters. The van der Waals surface area contributed by atoms with E-state index in [1.165, 1.54) is 4.90 Å². The molecule has 19 heavy (non-hydrogen) atoms. The molecule has 1 saturated heterocycles. The van der Waals surface area contributed by atoms with Crippen molar-refractivity contribution < 1.29 is 9.53 Å². The van der Waals surface area contributed by atoms with E-state index in [-0.39, 0.29) is 5.91 Å². The molecule has 1 aromatic carbocycles. The van der Waals surface area contributed by atoms with Crippen LogP contribution in [0.5, 0.6) is 0 Å². The van der Waals surface area contributed by atoms with Gasteiger partial charge in [-0.25, -0.2) is 0 Å². The number of nitrogens with zero attached hydrogens (tertiary/aromatic N) is 3. The molecule has 1 fully saturated rings. The first-order chi connectivity index (χ1) is 9.09. The van der Waals surface area contributed by atoms with E-state index in [0.29, 0.717) is 6.61 Å². The summed E-state index contributed by atoms with van der Waals surface area (Å²) in [6, 6.07) is 11.4. The maximum atomic E-state index is 12.4. The summed E-state index contributed by atoms with van der Waals surface area (Å²) in [5.74, 6) is -0.246. The van der Waals surface area contributed by atoms with Crippen molar-refractivity contribution in [2.45, 2.75) is 18.7 Å². The summed E-state index contributed by atoms with van der Waals surface area (Å²) >= 11 is 0. The van der Waals surface area contributed by atoms with Crippen LogP contribution in [0.3, 0.4) is 0 Å². The number of ether oxygens (including phenoxy) is 1. The number of anilines is 1. The summed E-state index contributed by atoms with van der Waals surface area (Å²) in [4.78, 5) is 15.6. The number of hydrogen-bond donors (Lipinski definition) is 0. The highest BCUT2D eigenvalue weighted by molar-refractivity contribution is 6.10.